The smallest absolute Gasteiger partial charge is 0.146 e. The fourth-order valence-electron chi connectivity index (χ4n) is 3.42. The average molecular weight is 280 g/mol. The average Bonchev–Trinajstić information content (AvgIpc) is 2.53. The number of benzene rings is 1. The van der Waals surface area contributed by atoms with Crippen LogP contribution in [-0.2, 0) is 4.79 Å². The van der Waals surface area contributed by atoms with Gasteiger partial charge in [0.1, 0.15) is 12.0 Å². The largest absolute Gasteiger partial charge is 0.497 e. The summed E-state index contributed by atoms with van der Waals surface area (Å²) in [4.78, 5) is 11.5. The van der Waals surface area contributed by atoms with Crippen LogP contribution in [0.25, 0.3) is 0 Å². The molecule has 1 aromatic rings. The van der Waals surface area contributed by atoms with E-state index in [2.05, 4.69) is 31.2 Å². The maximum atomic E-state index is 11.5. The predicted octanol–water partition coefficient (Wildman–Crippen LogP) is 4.20. The molecule has 0 radical (unpaired) electrons. The minimum absolute atomic E-state index is 0.165. The van der Waals surface area contributed by atoms with E-state index in [1.165, 1.54) is 16.7 Å². The molecule has 3 rings (SSSR count). The first-order chi connectivity index (χ1) is 10.2. The van der Waals surface area contributed by atoms with Crippen molar-refractivity contribution in [3.05, 3.63) is 64.8 Å². The van der Waals surface area contributed by atoms with Gasteiger partial charge in [0.2, 0.25) is 0 Å². The van der Waals surface area contributed by atoms with Crippen molar-refractivity contribution < 1.29 is 9.53 Å². The van der Waals surface area contributed by atoms with Gasteiger partial charge in [-0.25, -0.2) is 0 Å². The number of carbonyl (C=O) groups excluding carboxylic acids is 1. The highest BCUT2D eigenvalue weighted by Gasteiger charge is 2.32. The molecule has 1 aromatic carbocycles. The highest BCUT2D eigenvalue weighted by molar-refractivity contribution is 5.78. The number of fused-ring (bicyclic) bond motifs is 1. The van der Waals surface area contributed by atoms with Crippen LogP contribution in [0.5, 0.6) is 5.75 Å². The zero-order chi connectivity index (χ0) is 14.8. The van der Waals surface area contributed by atoms with E-state index < -0.39 is 0 Å². The van der Waals surface area contributed by atoms with E-state index in [4.69, 9.17) is 4.74 Å². The van der Waals surface area contributed by atoms with E-state index in [0.717, 1.165) is 30.5 Å². The molecule has 0 saturated carbocycles. The second-order valence-corrected chi connectivity index (χ2v) is 5.84. The van der Waals surface area contributed by atoms with Crippen LogP contribution in [0.3, 0.4) is 0 Å². The normalized spacial score (nSPS) is 24.4. The number of hydrogen-bond acceptors (Lipinski definition) is 2. The van der Waals surface area contributed by atoms with Gasteiger partial charge in [-0.1, -0.05) is 35.9 Å². The van der Waals surface area contributed by atoms with Gasteiger partial charge in [-0.3, -0.25) is 4.79 Å². The molecule has 2 aliphatic rings. The van der Waals surface area contributed by atoms with Gasteiger partial charge in [-0.15, -0.1) is 0 Å². The number of hydrogen-bond donors (Lipinski definition) is 0. The Bertz CT molecular complexity index is 632. The number of rotatable bonds is 3. The van der Waals surface area contributed by atoms with Crippen LogP contribution in [0.2, 0.25) is 0 Å². The fraction of sp³-hybridized carbons (Fsp3) is 0.316. The van der Waals surface area contributed by atoms with E-state index in [-0.39, 0.29) is 5.92 Å². The molecule has 2 nitrogen and oxygen atoms in total. The standard InChI is InChI=1S/C19H20O2/c1-13-3-10-18-15(11-13)4-5-16(12-20)19(18)14-6-8-17(21-2)9-7-14/h4-9,11-12,18-19H,3,10H2,1-2H3/t18-,19-/m1/s1. The number of carbonyl (C=O) groups is 1. The minimum Gasteiger partial charge on any atom is -0.497 e. The molecule has 2 heteroatoms. The van der Waals surface area contributed by atoms with Crippen LogP contribution in [0.4, 0.5) is 0 Å². The van der Waals surface area contributed by atoms with Gasteiger partial charge in [0.15, 0.2) is 0 Å². The third-order valence-electron chi connectivity index (χ3n) is 4.53. The summed E-state index contributed by atoms with van der Waals surface area (Å²) in [5, 5.41) is 0. The molecule has 0 saturated heterocycles. The lowest BCUT2D eigenvalue weighted by Gasteiger charge is -2.34. The zero-order valence-corrected chi connectivity index (χ0v) is 12.5. The molecule has 0 spiro atoms. The quantitative estimate of drug-likeness (QED) is 0.776. The summed E-state index contributed by atoms with van der Waals surface area (Å²) in [6, 6.07) is 8.10. The first-order valence-corrected chi connectivity index (χ1v) is 7.41. The Balaban J connectivity index is 2.00. The molecule has 2 atom stereocenters. The van der Waals surface area contributed by atoms with Gasteiger partial charge in [0, 0.05) is 5.92 Å². The summed E-state index contributed by atoms with van der Waals surface area (Å²) < 4.78 is 5.23. The maximum Gasteiger partial charge on any atom is 0.146 e. The number of methoxy groups -OCH3 is 1. The Hall–Kier alpha value is -2.09. The summed E-state index contributed by atoms with van der Waals surface area (Å²) in [6.45, 7) is 2.18. The highest BCUT2D eigenvalue weighted by atomic mass is 16.5. The molecule has 0 bridgehead atoms. The van der Waals surface area contributed by atoms with Crippen molar-refractivity contribution in [3.8, 4) is 5.75 Å². The monoisotopic (exact) mass is 280 g/mol. The van der Waals surface area contributed by atoms with E-state index >= 15 is 0 Å². The lowest BCUT2D eigenvalue weighted by molar-refractivity contribution is -0.105. The molecule has 0 aliphatic heterocycles. The molecule has 0 amide bonds. The summed E-state index contributed by atoms with van der Waals surface area (Å²) in [5.41, 5.74) is 4.85. The van der Waals surface area contributed by atoms with Crippen molar-refractivity contribution in [2.24, 2.45) is 5.92 Å². The molecule has 21 heavy (non-hydrogen) atoms. The molecule has 0 unspecified atom stereocenters. The number of aldehydes is 1. The molecular weight excluding hydrogens is 260 g/mol. The lowest BCUT2D eigenvalue weighted by atomic mass is 9.69. The molecule has 108 valence electrons. The lowest BCUT2D eigenvalue weighted by Crippen LogP contribution is -2.22. The molecule has 0 N–H and O–H groups in total. The molecular formula is C19H20O2. The van der Waals surface area contributed by atoms with Crippen molar-refractivity contribution in [3.63, 3.8) is 0 Å². The van der Waals surface area contributed by atoms with Crippen molar-refractivity contribution in [2.45, 2.75) is 25.7 Å². The number of allylic oxidation sites excluding steroid dienone is 6. The number of ether oxygens (including phenoxy) is 1. The van der Waals surface area contributed by atoms with Gasteiger partial charge < -0.3 is 4.74 Å². The van der Waals surface area contributed by atoms with Gasteiger partial charge >= 0.3 is 0 Å². The second kappa shape index (κ2) is 5.72. The van der Waals surface area contributed by atoms with E-state index in [1.54, 1.807) is 7.11 Å². The first-order valence-electron chi connectivity index (χ1n) is 7.41. The summed E-state index contributed by atoms with van der Waals surface area (Å²) in [6.07, 6.45) is 9.59. The van der Waals surface area contributed by atoms with Crippen LogP contribution >= 0.6 is 0 Å². The van der Waals surface area contributed by atoms with Crippen molar-refractivity contribution in [1.82, 2.24) is 0 Å². The van der Waals surface area contributed by atoms with Crippen molar-refractivity contribution in [2.75, 3.05) is 7.11 Å². The first kappa shape index (κ1) is 13.9. The van der Waals surface area contributed by atoms with Crippen LogP contribution in [0, 0.1) is 5.92 Å². The SMILES string of the molecule is COc1ccc([C@@H]2C(C=O)=CC=C3C=C(C)CC[C@H]32)cc1. The predicted molar refractivity (Wildman–Crippen MR) is 84.4 cm³/mol. The molecule has 0 fully saturated rings. The Morgan fingerprint density at radius 3 is 2.62 bits per heavy atom. The molecule has 0 aromatic heterocycles. The zero-order valence-electron chi connectivity index (χ0n) is 12.5. The summed E-state index contributed by atoms with van der Waals surface area (Å²) in [5.74, 6) is 1.42. The van der Waals surface area contributed by atoms with E-state index in [1.807, 2.05) is 18.2 Å². The Labute approximate surface area is 125 Å². The summed E-state index contributed by atoms with van der Waals surface area (Å²) in [7, 11) is 1.67. The Kier molecular flexibility index (Phi) is 3.78. The van der Waals surface area contributed by atoms with Crippen LogP contribution < -0.4 is 4.74 Å². The Morgan fingerprint density at radius 2 is 1.95 bits per heavy atom. The minimum atomic E-state index is 0.165. The highest BCUT2D eigenvalue weighted by Crippen LogP contribution is 2.44. The van der Waals surface area contributed by atoms with Crippen molar-refractivity contribution >= 4 is 6.29 Å². The van der Waals surface area contributed by atoms with Gasteiger partial charge in [-0.05, 0) is 54.5 Å². The fourth-order valence-corrected chi connectivity index (χ4v) is 3.42. The van der Waals surface area contributed by atoms with Gasteiger partial charge in [0.05, 0.1) is 7.11 Å². The molecule has 2 aliphatic carbocycles. The van der Waals surface area contributed by atoms with Gasteiger partial charge in [0.25, 0.3) is 0 Å². The molecule has 0 heterocycles. The van der Waals surface area contributed by atoms with Gasteiger partial charge in [-0.2, -0.15) is 0 Å². The topological polar surface area (TPSA) is 26.3 Å². The Morgan fingerprint density at radius 1 is 1.19 bits per heavy atom. The van der Waals surface area contributed by atoms with Crippen LogP contribution in [0.1, 0.15) is 31.2 Å². The van der Waals surface area contributed by atoms with Crippen LogP contribution in [-0.4, -0.2) is 13.4 Å². The van der Waals surface area contributed by atoms with E-state index in [9.17, 15) is 4.79 Å². The second-order valence-electron chi connectivity index (χ2n) is 5.84. The third-order valence-corrected chi connectivity index (χ3v) is 4.53. The maximum absolute atomic E-state index is 11.5. The van der Waals surface area contributed by atoms with Crippen LogP contribution in [0.15, 0.2) is 59.2 Å². The third kappa shape index (κ3) is 2.58. The summed E-state index contributed by atoms with van der Waals surface area (Å²) >= 11 is 0. The van der Waals surface area contributed by atoms with E-state index in [0.29, 0.717) is 5.92 Å². The van der Waals surface area contributed by atoms with Crippen molar-refractivity contribution in [1.29, 1.82) is 0 Å².